The van der Waals surface area contributed by atoms with Crippen LogP contribution >= 0.6 is 0 Å². The maximum absolute atomic E-state index is 13.1. The Morgan fingerprint density at radius 1 is 1.33 bits per heavy atom. The zero-order valence-corrected chi connectivity index (χ0v) is 19.0. The monoisotopic (exact) mass is 409 g/mol. The van der Waals surface area contributed by atoms with E-state index in [0.717, 1.165) is 62.4 Å². The number of nitrogens with one attached hydrogen (secondary N) is 1. The molecule has 5 heteroatoms. The fourth-order valence-electron chi connectivity index (χ4n) is 5.71. The molecule has 1 aromatic heterocycles. The van der Waals surface area contributed by atoms with Gasteiger partial charge in [-0.05, 0) is 88.4 Å². The third-order valence-electron chi connectivity index (χ3n) is 7.57. The predicted molar refractivity (Wildman–Crippen MR) is 120 cm³/mol. The van der Waals surface area contributed by atoms with Crippen molar-refractivity contribution in [1.29, 1.82) is 0 Å². The lowest BCUT2D eigenvalue weighted by Gasteiger charge is -2.50. The van der Waals surface area contributed by atoms with E-state index in [9.17, 15) is 4.79 Å². The van der Waals surface area contributed by atoms with Gasteiger partial charge in [0.15, 0.2) is 0 Å². The Balaban J connectivity index is 1.78. The molecule has 0 spiro atoms. The van der Waals surface area contributed by atoms with Gasteiger partial charge < -0.3 is 19.5 Å². The number of methoxy groups -OCH3 is 1. The minimum absolute atomic E-state index is 0.0842. The third kappa shape index (κ3) is 3.33. The first-order valence-corrected chi connectivity index (χ1v) is 11.3. The molecule has 1 aliphatic carbocycles. The molecule has 0 bridgehead atoms. The molecule has 4 rings (SSSR count). The molecule has 2 atom stereocenters. The fraction of sp³-hybridized carbons (Fsp3) is 0.560. The molecule has 1 saturated heterocycles. The van der Waals surface area contributed by atoms with Gasteiger partial charge in [-0.1, -0.05) is 12.1 Å². The van der Waals surface area contributed by atoms with Gasteiger partial charge >= 0.3 is 0 Å². The third-order valence-corrected chi connectivity index (χ3v) is 7.57. The topological polar surface area (TPSA) is 48.6 Å². The second-order valence-corrected chi connectivity index (χ2v) is 9.04. The highest BCUT2D eigenvalue weighted by molar-refractivity contribution is 5.94. The van der Waals surface area contributed by atoms with Crippen molar-refractivity contribution >= 4 is 5.91 Å². The lowest BCUT2D eigenvalue weighted by molar-refractivity contribution is 0.0766. The summed E-state index contributed by atoms with van der Waals surface area (Å²) in [5.74, 6) is 1.58. The first kappa shape index (κ1) is 21.0. The van der Waals surface area contributed by atoms with Gasteiger partial charge in [0.1, 0.15) is 11.4 Å². The minimum Gasteiger partial charge on any atom is -0.497 e. The zero-order chi connectivity index (χ0) is 21.5. The normalized spacial score (nSPS) is 23.6. The van der Waals surface area contributed by atoms with E-state index in [1.165, 1.54) is 16.8 Å². The maximum atomic E-state index is 13.1. The molecular weight excluding hydrogens is 374 g/mol. The molecule has 5 nitrogen and oxygen atoms in total. The number of amides is 1. The quantitative estimate of drug-likeness (QED) is 0.817. The molecule has 1 fully saturated rings. The zero-order valence-electron chi connectivity index (χ0n) is 19.0. The smallest absolute Gasteiger partial charge is 0.270 e. The van der Waals surface area contributed by atoms with Crippen LogP contribution in [0, 0.1) is 12.8 Å². The molecule has 1 amide bonds. The number of nitrogens with zero attached hydrogens (tertiary/aromatic N) is 2. The highest BCUT2D eigenvalue weighted by atomic mass is 16.5. The van der Waals surface area contributed by atoms with Crippen molar-refractivity contribution < 1.29 is 9.53 Å². The maximum Gasteiger partial charge on any atom is 0.270 e. The number of rotatable bonds is 5. The van der Waals surface area contributed by atoms with Crippen LogP contribution in [0.25, 0.3) is 0 Å². The molecule has 0 saturated carbocycles. The van der Waals surface area contributed by atoms with Crippen molar-refractivity contribution in [2.45, 2.75) is 45.4 Å². The Kier molecular flexibility index (Phi) is 5.67. The van der Waals surface area contributed by atoms with Gasteiger partial charge in [0, 0.05) is 30.7 Å². The van der Waals surface area contributed by atoms with Crippen molar-refractivity contribution in [3.8, 4) is 5.75 Å². The summed E-state index contributed by atoms with van der Waals surface area (Å²) in [5.41, 5.74) is 6.01. The average molecular weight is 410 g/mol. The van der Waals surface area contributed by atoms with Crippen molar-refractivity contribution in [3.63, 3.8) is 0 Å². The van der Waals surface area contributed by atoms with Crippen molar-refractivity contribution in [3.05, 3.63) is 52.3 Å². The lowest BCUT2D eigenvalue weighted by Crippen LogP contribution is -2.52. The van der Waals surface area contributed by atoms with Crippen molar-refractivity contribution in [2.75, 3.05) is 40.3 Å². The van der Waals surface area contributed by atoms with Crippen LogP contribution in [0.1, 0.15) is 53.1 Å². The van der Waals surface area contributed by atoms with E-state index in [1.807, 2.05) is 24.8 Å². The summed E-state index contributed by atoms with van der Waals surface area (Å²) in [6.07, 6.45) is 3.10. The summed E-state index contributed by atoms with van der Waals surface area (Å²) in [6.45, 7) is 9.86. The first-order chi connectivity index (χ1) is 14.4. The van der Waals surface area contributed by atoms with E-state index >= 15 is 0 Å². The van der Waals surface area contributed by atoms with E-state index in [-0.39, 0.29) is 11.3 Å². The fourth-order valence-corrected chi connectivity index (χ4v) is 5.71. The van der Waals surface area contributed by atoms with Crippen LogP contribution in [0.4, 0.5) is 0 Å². The molecule has 2 heterocycles. The number of H-pyrrole nitrogens is 1. The Morgan fingerprint density at radius 2 is 2.10 bits per heavy atom. The van der Waals surface area contributed by atoms with Crippen LogP contribution in [0.15, 0.2) is 24.3 Å². The summed E-state index contributed by atoms with van der Waals surface area (Å²) in [5, 5.41) is 0. The van der Waals surface area contributed by atoms with Gasteiger partial charge in [-0.2, -0.15) is 0 Å². The number of likely N-dealkylation sites (tertiary alicyclic amines) is 1. The number of hydrogen-bond donors (Lipinski definition) is 1. The van der Waals surface area contributed by atoms with E-state index in [4.69, 9.17) is 4.74 Å². The van der Waals surface area contributed by atoms with Gasteiger partial charge in [-0.15, -0.1) is 0 Å². The number of piperidine rings is 1. The van der Waals surface area contributed by atoms with E-state index in [1.54, 1.807) is 7.11 Å². The molecule has 2 unspecified atom stereocenters. The predicted octanol–water partition coefficient (Wildman–Crippen LogP) is 3.80. The Labute approximate surface area is 180 Å². The van der Waals surface area contributed by atoms with Crippen LogP contribution in [-0.2, 0) is 18.3 Å². The van der Waals surface area contributed by atoms with Gasteiger partial charge in [0.05, 0.1) is 7.11 Å². The molecule has 1 aromatic carbocycles. The van der Waals surface area contributed by atoms with Crippen LogP contribution in [-0.4, -0.2) is 61.0 Å². The van der Waals surface area contributed by atoms with E-state index < -0.39 is 0 Å². The van der Waals surface area contributed by atoms with Crippen molar-refractivity contribution in [1.82, 2.24) is 14.8 Å². The van der Waals surface area contributed by atoms with E-state index in [2.05, 4.69) is 42.1 Å². The second-order valence-electron chi connectivity index (χ2n) is 9.04. The largest absolute Gasteiger partial charge is 0.497 e. The summed E-state index contributed by atoms with van der Waals surface area (Å²) < 4.78 is 5.55. The van der Waals surface area contributed by atoms with Crippen LogP contribution in [0.3, 0.4) is 0 Å². The Bertz CT molecular complexity index is 930. The van der Waals surface area contributed by atoms with Gasteiger partial charge in [0.25, 0.3) is 5.91 Å². The molecule has 30 heavy (non-hydrogen) atoms. The molecule has 1 aliphatic heterocycles. The van der Waals surface area contributed by atoms with Gasteiger partial charge in [0.2, 0.25) is 0 Å². The number of benzene rings is 1. The Morgan fingerprint density at radius 3 is 2.80 bits per heavy atom. The molecule has 2 aliphatic rings. The molecule has 2 aromatic rings. The molecular formula is C25H35N3O2. The summed E-state index contributed by atoms with van der Waals surface area (Å²) in [4.78, 5) is 21.1. The number of fused-ring (bicyclic) bond motifs is 2. The van der Waals surface area contributed by atoms with Crippen LogP contribution in [0.5, 0.6) is 5.75 Å². The summed E-state index contributed by atoms with van der Waals surface area (Å²) >= 11 is 0. The highest BCUT2D eigenvalue weighted by Crippen LogP contribution is 2.49. The number of ether oxygens (including phenoxy) is 1. The number of carbonyl (C=O) groups is 1. The highest BCUT2D eigenvalue weighted by Gasteiger charge is 2.48. The van der Waals surface area contributed by atoms with E-state index in [0.29, 0.717) is 5.92 Å². The van der Waals surface area contributed by atoms with Crippen LogP contribution in [0.2, 0.25) is 0 Å². The Hall–Kier alpha value is -2.27. The molecule has 1 N–H and O–H groups in total. The number of aromatic nitrogens is 1. The summed E-state index contributed by atoms with van der Waals surface area (Å²) in [7, 11) is 3.96. The van der Waals surface area contributed by atoms with Gasteiger partial charge in [-0.25, -0.2) is 0 Å². The molecule has 162 valence electrons. The van der Waals surface area contributed by atoms with Gasteiger partial charge in [-0.3, -0.25) is 4.79 Å². The second kappa shape index (κ2) is 8.10. The molecule has 0 radical (unpaired) electrons. The number of hydrogen-bond acceptors (Lipinski definition) is 3. The van der Waals surface area contributed by atoms with Crippen molar-refractivity contribution in [2.24, 2.45) is 5.92 Å². The number of carbonyl (C=O) groups excluding carboxylic acids is 1. The SMILES string of the molecule is CCN(CC)C(=O)c1[nH]c2c(c1C)CC1CN(C)CCC1(c1cccc(OC)c1)C2. The number of aromatic amines is 1. The first-order valence-electron chi connectivity index (χ1n) is 11.3. The van der Waals surface area contributed by atoms with Crippen LogP contribution < -0.4 is 4.74 Å². The minimum atomic E-state index is 0.0842. The standard InChI is InChI=1S/C25H35N3O2/c1-6-28(7-2)24(29)23-17(3)21-14-19-16-27(4)12-11-25(19,15-22(21)26-23)18-9-8-10-20(13-18)30-5/h8-10,13,19,26H,6-7,11-12,14-16H2,1-5H3. The lowest BCUT2D eigenvalue weighted by atomic mass is 9.58. The average Bonchev–Trinajstić information content (AvgIpc) is 3.08. The summed E-state index contributed by atoms with van der Waals surface area (Å²) in [6, 6.07) is 8.63.